The molecular formula is C16H16O4S. The maximum absolute atomic E-state index is 12.0. The Balaban J connectivity index is 2.08. The van der Waals surface area contributed by atoms with E-state index in [1.54, 1.807) is 36.4 Å². The van der Waals surface area contributed by atoms with E-state index in [0.717, 1.165) is 5.56 Å². The minimum atomic E-state index is -3.08. The summed E-state index contributed by atoms with van der Waals surface area (Å²) in [5.41, 5.74) is 2.11. The highest BCUT2D eigenvalue weighted by atomic mass is 32.2. The van der Waals surface area contributed by atoms with E-state index >= 15 is 0 Å². The van der Waals surface area contributed by atoms with Crippen LogP contribution in [0.5, 0.6) is 5.75 Å². The molecule has 0 bridgehead atoms. The molecule has 0 aliphatic heterocycles. The first kappa shape index (κ1) is 15.3. The van der Waals surface area contributed by atoms with Gasteiger partial charge in [0.1, 0.15) is 5.75 Å². The van der Waals surface area contributed by atoms with Crippen molar-refractivity contribution in [1.82, 2.24) is 0 Å². The molecule has 2 rings (SSSR count). The number of carbonyl (C=O) groups excluding carboxylic acids is 1. The maximum atomic E-state index is 12.0. The number of hydrogen-bond donors (Lipinski definition) is 0. The third-order valence-corrected chi connectivity index (χ3v) is 3.71. The summed E-state index contributed by atoms with van der Waals surface area (Å²) in [5.74, 6) is -0.0316. The minimum absolute atomic E-state index is 0.0414. The van der Waals surface area contributed by atoms with Crippen LogP contribution in [0, 0.1) is 6.92 Å². The van der Waals surface area contributed by atoms with Crippen molar-refractivity contribution in [2.24, 2.45) is 0 Å². The lowest BCUT2D eigenvalue weighted by molar-refractivity contribution is 0.0734. The van der Waals surface area contributed by atoms with Crippen LogP contribution in [0.3, 0.4) is 0 Å². The summed E-state index contributed by atoms with van der Waals surface area (Å²) in [7, 11) is -3.08. The molecule has 0 radical (unpaired) electrons. The Morgan fingerprint density at radius 3 is 2.10 bits per heavy atom. The minimum Gasteiger partial charge on any atom is -0.423 e. The lowest BCUT2D eigenvalue weighted by atomic mass is 10.1. The molecule has 21 heavy (non-hydrogen) atoms. The molecule has 0 spiro atoms. The number of sulfone groups is 1. The van der Waals surface area contributed by atoms with E-state index in [1.165, 1.54) is 6.26 Å². The molecule has 0 heterocycles. The lowest BCUT2D eigenvalue weighted by Crippen LogP contribution is -2.09. The molecule has 0 aromatic heterocycles. The van der Waals surface area contributed by atoms with Crippen LogP contribution in [0.2, 0.25) is 0 Å². The van der Waals surface area contributed by atoms with Gasteiger partial charge in [-0.25, -0.2) is 13.2 Å². The molecule has 0 fully saturated rings. The summed E-state index contributed by atoms with van der Waals surface area (Å²) in [6, 6.07) is 13.5. The quantitative estimate of drug-likeness (QED) is 0.643. The van der Waals surface area contributed by atoms with Crippen LogP contribution in [0.4, 0.5) is 0 Å². The Hall–Kier alpha value is -2.14. The van der Waals surface area contributed by atoms with Crippen LogP contribution < -0.4 is 4.74 Å². The SMILES string of the molecule is Cc1ccc(OC(=O)c2ccc(CS(C)(=O)=O)cc2)cc1. The van der Waals surface area contributed by atoms with Crippen molar-refractivity contribution in [1.29, 1.82) is 0 Å². The predicted molar refractivity (Wildman–Crippen MR) is 81.1 cm³/mol. The van der Waals surface area contributed by atoms with Crippen LogP contribution in [0.1, 0.15) is 21.5 Å². The Morgan fingerprint density at radius 1 is 1.00 bits per heavy atom. The molecule has 4 nitrogen and oxygen atoms in total. The molecule has 0 atom stereocenters. The average molecular weight is 304 g/mol. The number of hydrogen-bond acceptors (Lipinski definition) is 4. The van der Waals surface area contributed by atoms with E-state index in [-0.39, 0.29) is 5.75 Å². The van der Waals surface area contributed by atoms with Crippen molar-refractivity contribution in [3.05, 3.63) is 65.2 Å². The highest BCUT2D eigenvalue weighted by molar-refractivity contribution is 7.89. The summed E-state index contributed by atoms with van der Waals surface area (Å²) in [4.78, 5) is 12.0. The fraction of sp³-hybridized carbons (Fsp3) is 0.188. The number of esters is 1. The van der Waals surface area contributed by atoms with E-state index in [4.69, 9.17) is 4.74 Å². The van der Waals surface area contributed by atoms with Gasteiger partial charge in [-0.15, -0.1) is 0 Å². The van der Waals surface area contributed by atoms with Gasteiger partial charge in [-0.05, 0) is 36.8 Å². The van der Waals surface area contributed by atoms with Gasteiger partial charge in [0.15, 0.2) is 9.84 Å². The van der Waals surface area contributed by atoms with Crippen molar-refractivity contribution < 1.29 is 17.9 Å². The highest BCUT2D eigenvalue weighted by Gasteiger charge is 2.10. The maximum Gasteiger partial charge on any atom is 0.343 e. The third-order valence-electron chi connectivity index (χ3n) is 2.85. The zero-order valence-electron chi connectivity index (χ0n) is 11.9. The van der Waals surface area contributed by atoms with Gasteiger partial charge in [0.05, 0.1) is 11.3 Å². The zero-order chi connectivity index (χ0) is 15.5. The Bertz CT molecular complexity index is 729. The van der Waals surface area contributed by atoms with Crippen LogP contribution in [-0.4, -0.2) is 20.6 Å². The second-order valence-electron chi connectivity index (χ2n) is 4.97. The monoisotopic (exact) mass is 304 g/mol. The van der Waals surface area contributed by atoms with Crippen LogP contribution in [0.25, 0.3) is 0 Å². The molecule has 0 unspecified atom stereocenters. The molecular weight excluding hydrogens is 288 g/mol. The third kappa shape index (κ3) is 4.72. The van der Waals surface area contributed by atoms with Crippen molar-refractivity contribution in [3.8, 4) is 5.75 Å². The van der Waals surface area contributed by atoms with Crippen molar-refractivity contribution in [2.45, 2.75) is 12.7 Å². The summed E-state index contributed by atoms with van der Waals surface area (Å²) in [6.45, 7) is 1.95. The normalized spacial score (nSPS) is 11.1. The van der Waals surface area contributed by atoms with Gasteiger partial charge in [0.25, 0.3) is 0 Å². The van der Waals surface area contributed by atoms with Crippen molar-refractivity contribution >= 4 is 15.8 Å². The van der Waals surface area contributed by atoms with Gasteiger partial charge in [0, 0.05) is 6.26 Å². The van der Waals surface area contributed by atoms with E-state index < -0.39 is 15.8 Å². The topological polar surface area (TPSA) is 60.4 Å². The Morgan fingerprint density at radius 2 is 1.57 bits per heavy atom. The summed E-state index contributed by atoms with van der Waals surface area (Å²) < 4.78 is 27.6. The number of ether oxygens (including phenoxy) is 1. The zero-order valence-corrected chi connectivity index (χ0v) is 12.7. The largest absolute Gasteiger partial charge is 0.423 e. The fourth-order valence-corrected chi connectivity index (χ4v) is 2.61. The predicted octanol–water partition coefficient (Wildman–Crippen LogP) is 2.76. The first-order chi connectivity index (χ1) is 9.83. The molecule has 5 heteroatoms. The molecule has 0 saturated carbocycles. The van der Waals surface area contributed by atoms with Gasteiger partial charge in [-0.2, -0.15) is 0 Å². The van der Waals surface area contributed by atoms with E-state index in [2.05, 4.69) is 0 Å². The fourth-order valence-electron chi connectivity index (χ4n) is 1.81. The van der Waals surface area contributed by atoms with Gasteiger partial charge >= 0.3 is 5.97 Å². The summed E-state index contributed by atoms with van der Waals surface area (Å²) in [6.07, 6.45) is 1.17. The number of aryl methyl sites for hydroxylation is 1. The van der Waals surface area contributed by atoms with Crippen LogP contribution in [0.15, 0.2) is 48.5 Å². The Kier molecular flexibility index (Phi) is 4.43. The van der Waals surface area contributed by atoms with Crippen molar-refractivity contribution in [2.75, 3.05) is 6.26 Å². The van der Waals surface area contributed by atoms with E-state index in [9.17, 15) is 13.2 Å². The lowest BCUT2D eigenvalue weighted by Gasteiger charge is -2.05. The molecule has 110 valence electrons. The van der Waals surface area contributed by atoms with Crippen LogP contribution in [-0.2, 0) is 15.6 Å². The first-order valence-corrected chi connectivity index (χ1v) is 8.45. The molecule has 0 amide bonds. The Labute approximate surface area is 124 Å². The standard InChI is InChI=1S/C16H16O4S/c1-12-3-9-15(10-4-12)20-16(17)14-7-5-13(6-8-14)11-21(2,18)19/h3-10H,11H2,1-2H3. The second-order valence-corrected chi connectivity index (χ2v) is 7.11. The average Bonchev–Trinajstić information content (AvgIpc) is 2.40. The smallest absolute Gasteiger partial charge is 0.343 e. The number of carbonyl (C=O) groups is 1. The van der Waals surface area contributed by atoms with Crippen LogP contribution >= 0.6 is 0 Å². The summed E-state index contributed by atoms with van der Waals surface area (Å²) >= 11 is 0. The molecule has 2 aromatic carbocycles. The van der Waals surface area contributed by atoms with Gasteiger partial charge in [-0.3, -0.25) is 0 Å². The van der Waals surface area contributed by atoms with Gasteiger partial charge in [-0.1, -0.05) is 29.8 Å². The second kappa shape index (κ2) is 6.10. The molecule has 0 N–H and O–H groups in total. The molecule has 0 saturated heterocycles. The molecule has 0 aliphatic rings. The van der Waals surface area contributed by atoms with E-state index in [0.29, 0.717) is 16.9 Å². The molecule has 2 aromatic rings. The molecule has 0 aliphatic carbocycles. The van der Waals surface area contributed by atoms with Crippen molar-refractivity contribution in [3.63, 3.8) is 0 Å². The van der Waals surface area contributed by atoms with Gasteiger partial charge in [0.2, 0.25) is 0 Å². The number of benzene rings is 2. The first-order valence-electron chi connectivity index (χ1n) is 6.39. The highest BCUT2D eigenvalue weighted by Crippen LogP contribution is 2.15. The summed E-state index contributed by atoms with van der Waals surface area (Å²) in [5, 5.41) is 0. The van der Waals surface area contributed by atoms with E-state index in [1.807, 2.05) is 19.1 Å². The van der Waals surface area contributed by atoms with Gasteiger partial charge < -0.3 is 4.74 Å². The number of rotatable bonds is 4.